The van der Waals surface area contributed by atoms with Gasteiger partial charge in [0.25, 0.3) is 5.91 Å². The fraction of sp³-hybridized carbons (Fsp3) is 0.277. The maximum Gasteiger partial charge on any atom is 0.410 e. The summed E-state index contributed by atoms with van der Waals surface area (Å²) in [5.41, 5.74) is 9.20. The molecule has 2 amide bonds. The smallest absolute Gasteiger partial charge is 0.410 e. The normalized spacial score (nSPS) is 14.0. The average Bonchev–Trinajstić information content (AvgIpc) is 3.63. The van der Waals surface area contributed by atoms with Gasteiger partial charge < -0.3 is 28.9 Å². The van der Waals surface area contributed by atoms with Gasteiger partial charge in [-0.05, 0) is 90.9 Å². The lowest BCUT2D eigenvalue weighted by molar-refractivity contribution is 0.0240. The summed E-state index contributed by atoms with van der Waals surface area (Å²) in [5, 5.41) is 0. The molecule has 1 fully saturated rings. The van der Waals surface area contributed by atoms with Crippen molar-refractivity contribution in [2.75, 3.05) is 31.1 Å². The lowest BCUT2D eigenvalue weighted by atomic mass is 10.0. The van der Waals surface area contributed by atoms with Crippen LogP contribution in [0.25, 0.3) is 16.7 Å². The van der Waals surface area contributed by atoms with Gasteiger partial charge in [0.05, 0.1) is 5.56 Å². The van der Waals surface area contributed by atoms with Gasteiger partial charge in [-0.2, -0.15) is 0 Å². The van der Waals surface area contributed by atoms with Crippen LogP contribution in [0.1, 0.15) is 65.9 Å². The van der Waals surface area contributed by atoms with E-state index in [1.165, 1.54) is 0 Å². The molecule has 0 unspecified atom stereocenters. The first-order chi connectivity index (χ1) is 26.5. The molecular weight excluding hydrogens is 687 g/mol. The fourth-order valence-electron chi connectivity index (χ4n) is 7.00. The number of amides is 2. The molecule has 2 aliphatic heterocycles. The number of hydrogen-bond donors (Lipinski definition) is 0. The molecule has 1 saturated heterocycles. The van der Waals surface area contributed by atoms with Gasteiger partial charge in [0, 0.05) is 56.6 Å². The molecule has 282 valence electrons. The molecule has 5 aromatic rings. The summed E-state index contributed by atoms with van der Waals surface area (Å²) in [6.07, 6.45) is -0.255. The average molecular weight is 736 g/mol. The van der Waals surface area contributed by atoms with Crippen molar-refractivity contribution in [1.29, 1.82) is 0 Å². The van der Waals surface area contributed by atoms with E-state index in [9.17, 15) is 9.59 Å². The molecule has 0 aromatic heterocycles. The number of anilines is 1. The van der Waals surface area contributed by atoms with Crippen LogP contribution in [0.4, 0.5) is 10.5 Å². The largest absolute Gasteiger partial charge is 0.488 e. The van der Waals surface area contributed by atoms with E-state index < -0.39 is 5.60 Å². The first kappa shape index (κ1) is 37.3. The molecule has 0 radical (unpaired) electrons. The first-order valence-corrected chi connectivity index (χ1v) is 18.9. The zero-order chi connectivity index (χ0) is 38.5. The Labute approximate surface area is 324 Å². The summed E-state index contributed by atoms with van der Waals surface area (Å²) in [5.74, 6) is 0.998. The van der Waals surface area contributed by atoms with Gasteiger partial charge >= 0.3 is 6.09 Å². The van der Waals surface area contributed by atoms with Gasteiger partial charge in [0.2, 0.25) is 0 Å². The zero-order valence-corrected chi connectivity index (χ0v) is 32.2. The van der Waals surface area contributed by atoms with Crippen molar-refractivity contribution >= 4 is 23.3 Å². The second-order valence-corrected chi connectivity index (χ2v) is 15.3. The molecule has 0 saturated carbocycles. The lowest BCUT2D eigenvalue weighted by Crippen LogP contribution is -2.50. The second kappa shape index (κ2) is 16.1. The number of carbonyl (C=O) groups is 2. The van der Waals surface area contributed by atoms with Crippen LogP contribution in [0.15, 0.2) is 122 Å². The topological polar surface area (TPSA) is 71.6 Å². The predicted molar refractivity (Wildman–Crippen MR) is 218 cm³/mol. The molecule has 0 bridgehead atoms. The van der Waals surface area contributed by atoms with Gasteiger partial charge in [0.1, 0.15) is 30.3 Å². The minimum atomic E-state index is -0.504. The van der Waals surface area contributed by atoms with Crippen LogP contribution in [-0.2, 0) is 31.0 Å². The summed E-state index contributed by atoms with van der Waals surface area (Å²) < 4.78 is 18.3. The van der Waals surface area contributed by atoms with Gasteiger partial charge in [0.15, 0.2) is 0 Å². The molecule has 55 heavy (non-hydrogen) atoms. The van der Waals surface area contributed by atoms with E-state index in [0.717, 1.165) is 63.3 Å². The molecule has 8 heteroatoms. The minimum Gasteiger partial charge on any atom is -0.488 e. The number of hydrogen-bond acceptors (Lipinski definition) is 6. The molecule has 2 heterocycles. The van der Waals surface area contributed by atoms with E-state index in [2.05, 4.69) is 53.9 Å². The maximum atomic E-state index is 14.4. The summed E-state index contributed by atoms with van der Waals surface area (Å²) in [7, 11) is 0. The van der Waals surface area contributed by atoms with E-state index >= 15 is 0 Å². The van der Waals surface area contributed by atoms with E-state index in [1.807, 2.05) is 105 Å². The van der Waals surface area contributed by atoms with E-state index in [1.54, 1.807) is 4.90 Å². The molecule has 8 nitrogen and oxygen atoms in total. The Balaban J connectivity index is 1.06. The molecule has 0 aliphatic carbocycles. The predicted octanol–water partition coefficient (Wildman–Crippen LogP) is 9.76. The van der Waals surface area contributed by atoms with Crippen LogP contribution in [0.2, 0.25) is 0 Å². The third-order valence-corrected chi connectivity index (χ3v) is 9.96. The number of ether oxygens (including phenoxy) is 3. The highest BCUT2D eigenvalue weighted by atomic mass is 16.6. The van der Waals surface area contributed by atoms with E-state index in [4.69, 9.17) is 14.2 Å². The van der Waals surface area contributed by atoms with Crippen LogP contribution in [0, 0.1) is 0 Å². The monoisotopic (exact) mass is 735 g/mol. The quantitative estimate of drug-likeness (QED) is 0.142. The summed E-state index contributed by atoms with van der Waals surface area (Å²) >= 11 is 0. The first-order valence-electron chi connectivity index (χ1n) is 18.9. The summed E-state index contributed by atoms with van der Waals surface area (Å²) in [6.45, 7) is 16.3. The Kier molecular flexibility index (Phi) is 11.0. The third kappa shape index (κ3) is 9.03. The molecule has 0 spiro atoms. The Morgan fingerprint density at radius 1 is 0.636 bits per heavy atom. The standard InChI is InChI=1S/C47H49N3O5/c1-33(2)41-27-42(44(54-32-35-14-10-7-11-15-35)28-43(41)53-31-34-12-8-6-9-13-34)45(51)50-29-38-17-16-37(26-39(38)30-50)36-18-20-40(21-19-36)48-22-24-49(25-23-48)46(52)55-47(3,4)5/h6-21,26-28H,1,22-25,29-32H2,2-5H3. The number of fused-ring (bicyclic) bond motifs is 1. The zero-order valence-electron chi connectivity index (χ0n) is 32.2. The number of piperazine rings is 1. The molecule has 0 atom stereocenters. The van der Waals surface area contributed by atoms with Crippen LogP contribution in [0.5, 0.6) is 11.5 Å². The van der Waals surface area contributed by atoms with Crippen molar-refractivity contribution in [3.05, 3.63) is 155 Å². The highest BCUT2D eigenvalue weighted by molar-refractivity contribution is 5.98. The van der Waals surface area contributed by atoms with E-state index in [-0.39, 0.29) is 12.0 Å². The molecule has 5 aromatic carbocycles. The Bertz CT molecular complexity index is 2150. The van der Waals surface area contributed by atoms with Crippen molar-refractivity contribution in [3.8, 4) is 22.6 Å². The fourth-order valence-corrected chi connectivity index (χ4v) is 7.00. The number of benzene rings is 5. The Morgan fingerprint density at radius 3 is 1.78 bits per heavy atom. The van der Waals surface area contributed by atoms with E-state index in [0.29, 0.717) is 56.5 Å². The van der Waals surface area contributed by atoms with Crippen molar-refractivity contribution < 1.29 is 23.8 Å². The van der Waals surface area contributed by atoms with Crippen molar-refractivity contribution in [2.24, 2.45) is 0 Å². The minimum absolute atomic E-state index is 0.103. The molecular formula is C47H49N3O5. The SMILES string of the molecule is C=C(C)c1cc(C(=O)N2Cc3ccc(-c4ccc(N5CCN(C(=O)OC(C)(C)C)CC5)cc4)cc3C2)c(OCc2ccccc2)cc1OCc1ccccc1. The van der Waals surface area contributed by atoms with Gasteiger partial charge in [-0.1, -0.05) is 91.5 Å². The van der Waals surface area contributed by atoms with Gasteiger partial charge in [-0.15, -0.1) is 0 Å². The lowest BCUT2D eigenvalue weighted by Gasteiger charge is -2.36. The third-order valence-electron chi connectivity index (χ3n) is 9.96. The summed E-state index contributed by atoms with van der Waals surface area (Å²) in [4.78, 5) is 32.9. The second-order valence-electron chi connectivity index (χ2n) is 15.3. The van der Waals surface area contributed by atoms with Crippen LogP contribution in [0.3, 0.4) is 0 Å². The number of rotatable bonds is 10. The van der Waals surface area contributed by atoms with Gasteiger partial charge in [-0.25, -0.2) is 4.79 Å². The van der Waals surface area contributed by atoms with Gasteiger partial charge in [-0.3, -0.25) is 4.79 Å². The number of allylic oxidation sites excluding steroid dienone is 1. The number of carbonyl (C=O) groups excluding carboxylic acids is 2. The van der Waals surface area contributed by atoms with Crippen molar-refractivity contribution in [3.63, 3.8) is 0 Å². The molecule has 7 rings (SSSR count). The Hall–Kier alpha value is -6.02. The van der Waals surface area contributed by atoms with Crippen LogP contribution in [-0.4, -0.2) is 53.6 Å². The van der Waals surface area contributed by atoms with Crippen LogP contribution < -0.4 is 14.4 Å². The summed E-state index contributed by atoms with van der Waals surface area (Å²) in [6, 6.07) is 38.7. The number of nitrogens with zero attached hydrogens (tertiary/aromatic N) is 3. The highest BCUT2D eigenvalue weighted by Gasteiger charge is 2.29. The molecule has 2 aliphatic rings. The molecule has 0 N–H and O–H groups in total. The maximum absolute atomic E-state index is 14.4. The highest BCUT2D eigenvalue weighted by Crippen LogP contribution is 2.37. The van der Waals surface area contributed by atoms with Crippen LogP contribution >= 0.6 is 0 Å². The van der Waals surface area contributed by atoms with Crippen molar-refractivity contribution in [2.45, 2.75) is 59.6 Å². The van der Waals surface area contributed by atoms with Crippen molar-refractivity contribution in [1.82, 2.24) is 9.80 Å². The Morgan fingerprint density at radius 2 is 1.20 bits per heavy atom.